The fraction of sp³-hybridized carbons (Fsp3) is 0.0870. The first kappa shape index (κ1) is 19.2. The van der Waals surface area contributed by atoms with Crippen LogP contribution in [-0.2, 0) is 16.1 Å². The zero-order chi connectivity index (χ0) is 20.9. The summed E-state index contributed by atoms with van der Waals surface area (Å²) in [5.41, 5.74) is 2.61. The Kier molecular flexibility index (Phi) is 5.43. The van der Waals surface area contributed by atoms with Gasteiger partial charge in [-0.05, 0) is 42.8 Å². The molecule has 1 N–H and O–H groups in total. The van der Waals surface area contributed by atoms with Crippen molar-refractivity contribution >= 4 is 18.1 Å². The van der Waals surface area contributed by atoms with Crippen LogP contribution in [0.1, 0.15) is 17.0 Å². The highest BCUT2D eigenvalue weighted by Crippen LogP contribution is 2.23. The summed E-state index contributed by atoms with van der Waals surface area (Å²) in [6.07, 6.45) is 4.14. The fourth-order valence-corrected chi connectivity index (χ4v) is 2.82. The van der Waals surface area contributed by atoms with Crippen LogP contribution in [0, 0.1) is 6.92 Å². The standard InChI is InChI=1S/C23H18N2O5/c1-15-20(24-21(29-15)17-9-3-2-4-10-17)14-28-18-11-5-7-16(13-18)8-6-12-19-22(26)30-23(27)25-19/h2-13H,14H2,1H3,(H,25,27). The van der Waals surface area contributed by atoms with Gasteiger partial charge in [0.05, 0.1) is 0 Å². The monoisotopic (exact) mass is 402 g/mol. The van der Waals surface area contributed by atoms with E-state index in [0.29, 0.717) is 17.4 Å². The molecule has 0 spiro atoms. The number of ether oxygens (including phenoxy) is 2. The number of benzene rings is 2. The molecule has 1 aliphatic rings. The van der Waals surface area contributed by atoms with Crippen LogP contribution in [0.5, 0.6) is 5.75 Å². The lowest BCUT2D eigenvalue weighted by atomic mass is 10.2. The lowest BCUT2D eigenvalue weighted by Crippen LogP contribution is -2.11. The molecular formula is C23H18N2O5. The molecule has 0 atom stereocenters. The number of oxazole rings is 1. The Morgan fingerprint density at radius 3 is 2.70 bits per heavy atom. The molecule has 1 saturated heterocycles. The van der Waals surface area contributed by atoms with Crippen molar-refractivity contribution < 1.29 is 23.5 Å². The first-order valence-corrected chi connectivity index (χ1v) is 9.24. The number of hydrogen-bond acceptors (Lipinski definition) is 6. The molecule has 4 rings (SSSR count). The Labute approximate surface area is 172 Å². The topological polar surface area (TPSA) is 90.7 Å². The maximum absolute atomic E-state index is 11.4. The molecule has 2 aromatic carbocycles. The summed E-state index contributed by atoms with van der Waals surface area (Å²) in [6.45, 7) is 2.13. The van der Waals surface area contributed by atoms with Crippen molar-refractivity contribution in [3.8, 4) is 17.2 Å². The quantitative estimate of drug-likeness (QED) is 0.374. The first-order chi connectivity index (χ1) is 14.6. The van der Waals surface area contributed by atoms with Gasteiger partial charge in [-0.2, -0.15) is 0 Å². The predicted molar refractivity (Wildman–Crippen MR) is 109 cm³/mol. The van der Waals surface area contributed by atoms with Crippen molar-refractivity contribution in [3.63, 3.8) is 0 Å². The smallest absolute Gasteiger partial charge is 0.419 e. The van der Waals surface area contributed by atoms with Gasteiger partial charge in [0.1, 0.15) is 29.5 Å². The summed E-state index contributed by atoms with van der Waals surface area (Å²) in [5.74, 6) is 1.25. The summed E-state index contributed by atoms with van der Waals surface area (Å²) in [5, 5.41) is 2.32. The summed E-state index contributed by atoms with van der Waals surface area (Å²) in [7, 11) is 0. The van der Waals surface area contributed by atoms with Crippen molar-refractivity contribution in [2.24, 2.45) is 0 Å². The van der Waals surface area contributed by atoms with Crippen LogP contribution in [0.4, 0.5) is 4.79 Å². The van der Waals surface area contributed by atoms with Gasteiger partial charge < -0.3 is 13.9 Å². The maximum Gasteiger partial charge on any atom is 0.419 e. The third-order valence-electron chi connectivity index (χ3n) is 4.34. The number of aryl methyl sites for hydroxylation is 1. The zero-order valence-corrected chi connectivity index (χ0v) is 16.1. The number of cyclic esters (lactones) is 2. The first-order valence-electron chi connectivity index (χ1n) is 9.24. The molecule has 7 heteroatoms. The van der Waals surface area contributed by atoms with Gasteiger partial charge in [0.15, 0.2) is 0 Å². The molecule has 1 fully saturated rings. The van der Waals surface area contributed by atoms with Gasteiger partial charge in [0, 0.05) is 5.56 Å². The van der Waals surface area contributed by atoms with Crippen molar-refractivity contribution in [3.05, 3.63) is 89.5 Å². The normalized spacial score (nSPS) is 14.9. The molecule has 150 valence electrons. The number of hydrogen-bond donors (Lipinski definition) is 1. The highest BCUT2D eigenvalue weighted by atomic mass is 16.6. The fourth-order valence-electron chi connectivity index (χ4n) is 2.82. The molecule has 30 heavy (non-hydrogen) atoms. The van der Waals surface area contributed by atoms with Gasteiger partial charge in [-0.1, -0.05) is 42.5 Å². The molecule has 1 aromatic heterocycles. The number of nitrogens with zero attached hydrogens (tertiary/aromatic N) is 1. The molecular weight excluding hydrogens is 384 g/mol. The summed E-state index contributed by atoms with van der Waals surface area (Å²) >= 11 is 0. The van der Waals surface area contributed by atoms with E-state index in [0.717, 1.165) is 16.8 Å². The summed E-state index contributed by atoms with van der Waals surface area (Å²) < 4.78 is 16.0. The number of alkyl carbamates (subject to hydrolysis) is 1. The van der Waals surface area contributed by atoms with Crippen molar-refractivity contribution in [1.29, 1.82) is 0 Å². The highest BCUT2D eigenvalue weighted by Gasteiger charge is 2.25. The lowest BCUT2D eigenvalue weighted by molar-refractivity contribution is -0.130. The van der Waals surface area contributed by atoms with Gasteiger partial charge in [-0.3, -0.25) is 5.32 Å². The van der Waals surface area contributed by atoms with E-state index in [4.69, 9.17) is 9.15 Å². The second-order valence-corrected chi connectivity index (χ2v) is 6.49. The molecule has 0 bridgehead atoms. The van der Waals surface area contributed by atoms with Crippen molar-refractivity contribution in [2.45, 2.75) is 13.5 Å². The average Bonchev–Trinajstić information content (AvgIpc) is 3.28. The Balaban J connectivity index is 1.41. The Hall–Kier alpha value is -4.13. The minimum atomic E-state index is -0.770. The highest BCUT2D eigenvalue weighted by molar-refractivity contribution is 6.04. The third kappa shape index (κ3) is 4.47. The largest absolute Gasteiger partial charge is 0.487 e. The third-order valence-corrected chi connectivity index (χ3v) is 4.34. The molecule has 3 aromatic rings. The van der Waals surface area contributed by atoms with E-state index < -0.39 is 12.1 Å². The molecule has 0 aliphatic carbocycles. The minimum Gasteiger partial charge on any atom is -0.487 e. The second-order valence-electron chi connectivity index (χ2n) is 6.49. The second kappa shape index (κ2) is 8.48. The molecule has 1 amide bonds. The number of esters is 1. The van der Waals surface area contributed by atoms with Gasteiger partial charge in [0.25, 0.3) is 0 Å². The summed E-state index contributed by atoms with van der Waals surface area (Å²) in [6, 6.07) is 17.1. The van der Waals surface area contributed by atoms with E-state index in [9.17, 15) is 9.59 Å². The SMILES string of the molecule is Cc1oc(-c2ccccc2)nc1COc1cccc(C=CC=C2NC(=O)OC2=O)c1. The number of carbonyl (C=O) groups excluding carboxylic acids is 2. The summed E-state index contributed by atoms with van der Waals surface area (Å²) in [4.78, 5) is 26.9. The van der Waals surface area contributed by atoms with E-state index in [1.165, 1.54) is 6.08 Å². The van der Waals surface area contributed by atoms with E-state index in [-0.39, 0.29) is 12.3 Å². The van der Waals surface area contributed by atoms with Crippen LogP contribution < -0.4 is 10.1 Å². The molecule has 7 nitrogen and oxygen atoms in total. The van der Waals surface area contributed by atoms with E-state index >= 15 is 0 Å². The Bertz CT molecular complexity index is 1150. The van der Waals surface area contributed by atoms with E-state index in [1.807, 2.05) is 61.5 Å². The van der Waals surface area contributed by atoms with Gasteiger partial charge in [-0.25, -0.2) is 14.6 Å². The van der Waals surface area contributed by atoms with Crippen LogP contribution in [0.15, 0.2) is 76.9 Å². The number of carbonyl (C=O) groups is 2. The molecule has 0 unspecified atom stereocenters. The maximum atomic E-state index is 11.4. The molecule has 0 radical (unpaired) electrons. The van der Waals surface area contributed by atoms with Gasteiger partial charge in [0.2, 0.25) is 5.89 Å². The van der Waals surface area contributed by atoms with Crippen LogP contribution in [0.2, 0.25) is 0 Å². The van der Waals surface area contributed by atoms with Crippen molar-refractivity contribution in [2.75, 3.05) is 0 Å². The van der Waals surface area contributed by atoms with Crippen LogP contribution >= 0.6 is 0 Å². The Morgan fingerprint density at radius 1 is 1.10 bits per heavy atom. The number of allylic oxidation sites excluding steroid dienone is 2. The molecule has 0 saturated carbocycles. The van der Waals surface area contributed by atoms with Crippen LogP contribution in [-0.4, -0.2) is 17.0 Å². The van der Waals surface area contributed by atoms with Gasteiger partial charge in [-0.15, -0.1) is 0 Å². The average molecular weight is 402 g/mol. The predicted octanol–water partition coefficient (Wildman–Crippen LogP) is 4.39. The molecule has 1 aliphatic heterocycles. The lowest BCUT2D eigenvalue weighted by Gasteiger charge is -2.05. The van der Waals surface area contributed by atoms with Crippen LogP contribution in [0.25, 0.3) is 17.5 Å². The molecule has 2 heterocycles. The van der Waals surface area contributed by atoms with Crippen molar-refractivity contribution in [1.82, 2.24) is 10.3 Å². The van der Waals surface area contributed by atoms with E-state index in [1.54, 1.807) is 12.2 Å². The number of aromatic nitrogens is 1. The Morgan fingerprint density at radius 2 is 1.93 bits per heavy atom. The van der Waals surface area contributed by atoms with Gasteiger partial charge >= 0.3 is 12.1 Å². The number of rotatable bonds is 6. The number of amides is 1. The zero-order valence-electron chi connectivity index (χ0n) is 16.1. The minimum absolute atomic E-state index is 0.0967. The van der Waals surface area contributed by atoms with E-state index in [2.05, 4.69) is 15.0 Å². The number of nitrogens with one attached hydrogen (secondary N) is 1. The van der Waals surface area contributed by atoms with Crippen LogP contribution in [0.3, 0.4) is 0 Å².